The summed E-state index contributed by atoms with van der Waals surface area (Å²) in [4.78, 5) is 17.7. The van der Waals surface area contributed by atoms with Crippen LogP contribution in [0.2, 0.25) is 0 Å². The number of piperazine rings is 1. The van der Waals surface area contributed by atoms with Crippen LogP contribution in [-0.4, -0.2) is 65.5 Å². The van der Waals surface area contributed by atoms with Crippen molar-refractivity contribution in [2.75, 3.05) is 56.1 Å². The molecule has 2 aliphatic rings. The van der Waals surface area contributed by atoms with Crippen LogP contribution in [0.25, 0.3) is 0 Å². The molecule has 1 N–H and O–H groups in total. The third-order valence-electron chi connectivity index (χ3n) is 5.72. The molecule has 9 heteroatoms. The molecule has 0 aromatic heterocycles. The molecule has 0 unspecified atom stereocenters. The SMILES string of the molecule is CN1C(=O)Cc2cc(S(=O)(=O)NCCN3CCN(c4ccccc4F)CC3)ccc21. The summed E-state index contributed by atoms with van der Waals surface area (Å²) in [5, 5.41) is 0. The monoisotopic (exact) mass is 432 g/mol. The Kier molecular flexibility index (Phi) is 5.77. The molecule has 2 aliphatic heterocycles. The van der Waals surface area contributed by atoms with Crippen molar-refractivity contribution in [2.45, 2.75) is 11.3 Å². The summed E-state index contributed by atoms with van der Waals surface area (Å²) < 4.78 is 41.9. The van der Waals surface area contributed by atoms with E-state index in [1.807, 2.05) is 11.0 Å². The highest BCUT2D eigenvalue weighted by atomic mass is 32.2. The molecule has 30 heavy (non-hydrogen) atoms. The molecule has 1 saturated heterocycles. The smallest absolute Gasteiger partial charge is 0.240 e. The second-order valence-corrected chi connectivity index (χ2v) is 9.36. The standard InChI is InChI=1S/C21H25FN4O3S/c1-24-19-7-6-17(14-16(19)15-21(24)27)30(28,29)23-8-9-25-10-12-26(13-11-25)20-5-3-2-4-18(20)22/h2-7,14,23H,8-13,15H2,1H3. The maximum Gasteiger partial charge on any atom is 0.240 e. The van der Waals surface area contributed by atoms with Crippen molar-refractivity contribution in [1.29, 1.82) is 0 Å². The number of anilines is 2. The number of rotatable bonds is 6. The fourth-order valence-electron chi connectivity index (χ4n) is 3.96. The topological polar surface area (TPSA) is 73.0 Å². The van der Waals surface area contributed by atoms with Gasteiger partial charge in [0.1, 0.15) is 5.82 Å². The predicted octanol–water partition coefficient (Wildman–Crippen LogP) is 1.45. The van der Waals surface area contributed by atoms with E-state index in [9.17, 15) is 17.6 Å². The molecule has 1 amide bonds. The van der Waals surface area contributed by atoms with Crippen molar-refractivity contribution in [3.05, 3.63) is 53.8 Å². The van der Waals surface area contributed by atoms with Gasteiger partial charge in [-0.3, -0.25) is 9.69 Å². The van der Waals surface area contributed by atoms with Crippen molar-refractivity contribution in [1.82, 2.24) is 9.62 Å². The van der Waals surface area contributed by atoms with E-state index in [1.54, 1.807) is 36.2 Å². The molecule has 4 rings (SSSR count). The largest absolute Gasteiger partial charge is 0.367 e. The fourth-order valence-corrected chi connectivity index (χ4v) is 5.03. The van der Waals surface area contributed by atoms with E-state index in [0.717, 1.165) is 24.3 Å². The first-order chi connectivity index (χ1) is 14.3. The first-order valence-electron chi connectivity index (χ1n) is 9.96. The van der Waals surface area contributed by atoms with Gasteiger partial charge in [0, 0.05) is 52.0 Å². The van der Waals surface area contributed by atoms with Crippen LogP contribution in [-0.2, 0) is 21.2 Å². The van der Waals surface area contributed by atoms with Gasteiger partial charge in [0.05, 0.1) is 17.0 Å². The normalized spacial score (nSPS) is 17.5. The van der Waals surface area contributed by atoms with E-state index < -0.39 is 10.0 Å². The lowest BCUT2D eigenvalue weighted by Crippen LogP contribution is -2.48. The summed E-state index contributed by atoms with van der Waals surface area (Å²) in [5.41, 5.74) is 2.10. The molecule has 0 atom stereocenters. The minimum Gasteiger partial charge on any atom is -0.367 e. The Hall–Kier alpha value is -2.49. The van der Waals surface area contributed by atoms with Crippen molar-refractivity contribution in [2.24, 2.45) is 0 Å². The van der Waals surface area contributed by atoms with Crippen LogP contribution in [0.15, 0.2) is 47.4 Å². The number of hydrogen-bond acceptors (Lipinski definition) is 5. The molecule has 0 saturated carbocycles. The lowest BCUT2D eigenvalue weighted by atomic mass is 10.2. The molecule has 2 heterocycles. The van der Waals surface area contributed by atoms with Gasteiger partial charge in [-0.25, -0.2) is 17.5 Å². The molecule has 0 spiro atoms. The summed E-state index contributed by atoms with van der Waals surface area (Å²) >= 11 is 0. The number of benzene rings is 2. The van der Waals surface area contributed by atoms with E-state index in [0.29, 0.717) is 25.3 Å². The number of fused-ring (bicyclic) bond motifs is 1. The van der Waals surface area contributed by atoms with Crippen molar-refractivity contribution in [3.63, 3.8) is 0 Å². The number of hydrogen-bond donors (Lipinski definition) is 1. The number of carbonyl (C=O) groups excluding carboxylic acids is 1. The molecule has 2 aromatic carbocycles. The third-order valence-corrected chi connectivity index (χ3v) is 7.18. The number of halogens is 1. The summed E-state index contributed by atoms with van der Waals surface area (Å²) in [6.07, 6.45) is 0.224. The van der Waals surface area contributed by atoms with E-state index in [1.165, 1.54) is 12.1 Å². The molecule has 0 aliphatic carbocycles. The molecular weight excluding hydrogens is 407 g/mol. The minimum absolute atomic E-state index is 0.0398. The van der Waals surface area contributed by atoms with Gasteiger partial charge in [0.15, 0.2) is 0 Å². The Morgan fingerprint density at radius 3 is 2.50 bits per heavy atom. The van der Waals surface area contributed by atoms with Crippen LogP contribution in [0.1, 0.15) is 5.56 Å². The van der Waals surface area contributed by atoms with Gasteiger partial charge in [-0.1, -0.05) is 12.1 Å². The second kappa shape index (κ2) is 8.33. The Balaban J connectivity index is 1.29. The zero-order chi connectivity index (χ0) is 21.3. The number of para-hydroxylation sites is 1. The van der Waals surface area contributed by atoms with E-state index in [-0.39, 0.29) is 29.6 Å². The Labute approximate surface area is 176 Å². The maximum absolute atomic E-state index is 13.9. The van der Waals surface area contributed by atoms with Gasteiger partial charge in [-0.05, 0) is 35.9 Å². The lowest BCUT2D eigenvalue weighted by Gasteiger charge is -2.36. The first-order valence-corrected chi connectivity index (χ1v) is 11.4. The van der Waals surface area contributed by atoms with Crippen LogP contribution >= 0.6 is 0 Å². The van der Waals surface area contributed by atoms with Gasteiger partial charge >= 0.3 is 0 Å². The van der Waals surface area contributed by atoms with Gasteiger partial charge in [0.2, 0.25) is 15.9 Å². The summed E-state index contributed by atoms with van der Waals surface area (Å²) in [5.74, 6) is -0.261. The van der Waals surface area contributed by atoms with Crippen molar-refractivity contribution < 1.29 is 17.6 Å². The molecular formula is C21H25FN4O3S. The summed E-state index contributed by atoms with van der Waals surface area (Å²) in [6.45, 7) is 3.74. The van der Waals surface area contributed by atoms with Crippen LogP contribution in [0, 0.1) is 5.82 Å². The predicted molar refractivity (Wildman–Crippen MR) is 114 cm³/mol. The molecule has 0 bridgehead atoms. The highest BCUT2D eigenvalue weighted by Crippen LogP contribution is 2.29. The zero-order valence-corrected chi connectivity index (χ0v) is 17.7. The van der Waals surface area contributed by atoms with Gasteiger partial charge in [-0.2, -0.15) is 0 Å². The second-order valence-electron chi connectivity index (χ2n) is 7.60. The van der Waals surface area contributed by atoms with E-state index in [2.05, 4.69) is 9.62 Å². The van der Waals surface area contributed by atoms with E-state index in [4.69, 9.17) is 0 Å². The highest BCUT2D eigenvalue weighted by molar-refractivity contribution is 7.89. The number of nitrogens with one attached hydrogen (secondary N) is 1. The zero-order valence-electron chi connectivity index (χ0n) is 16.8. The van der Waals surface area contributed by atoms with Crippen LogP contribution in [0.3, 0.4) is 0 Å². The van der Waals surface area contributed by atoms with Crippen LogP contribution in [0.4, 0.5) is 15.8 Å². The molecule has 160 valence electrons. The third kappa shape index (κ3) is 4.19. The number of amides is 1. The summed E-state index contributed by atoms with van der Waals surface area (Å²) in [6, 6.07) is 11.5. The van der Waals surface area contributed by atoms with Crippen molar-refractivity contribution >= 4 is 27.3 Å². The Morgan fingerprint density at radius 1 is 1.03 bits per heavy atom. The molecule has 1 fully saturated rings. The molecule has 2 aromatic rings. The minimum atomic E-state index is -3.64. The van der Waals surface area contributed by atoms with Gasteiger partial charge in [-0.15, -0.1) is 0 Å². The average molecular weight is 433 g/mol. The van der Waals surface area contributed by atoms with Crippen LogP contribution in [0.5, 0.6) is 0 Å². The lowest BCUT2D eigenvalue weighted by molar-refractivity contribution is -0.117. The quantitative estimate of drug-likeness (QED) is 0.748. The maximum atomic E-state index is 13.9. The first kappa shape index (κ1) is 20.8. The average Bonchev–Trinajstić information content (AvgIpc) is 3.02. The highest BCUT2D eigenvalue weighted by Gasteiger charge is 2.26. The molecule has 7 nitrogen and oxygen atoms in total. The number of sulfonamides is 1. The van der Waals surface area contributed by atoms with E-state index >= 15 is 0 Å². The van der Waals surface area contributed by atoms with Gasteiger partial charge in [0.25, 0.3) is 0 Å². The fraction of sp³-hybridized carbons (Fsp3) is 0.381. The summed E-state index contributed by atoms with van der Waals surface area (Å²) in [7, 11) is -1.96. The van der Waals surface area contributed by atoms with Crippen molar-refractivity contribution in [3.8, 4) is 0 Å². The number of nitrogens with zero attached hydrogens (tertiary/aromatic N) is 3. The van der Waals surface area contributed by atoms with Crippen LogP contribution < -0.4 is 14.5 Å². The van der Waals surface area contributed by atoms with Gasteiger partial charge < -0.3 is 9.80 Å². The molecule has 0 radical (unpaired) electrons. The number of likely N-dealkylation sites (N-methyl/N-ethyl adjacent to an activating group) is 1. The number of carbonyl (C=O) groups is 1. The Bertz CT molecular complexity index is 1050. The Morgan fingerprint density at radius 2 is 1.77 bits per heavy atom.